The molecule has 1 unspecified atom stereocenters. The molecule has 88 valence electrons. The van der Waals surface area contributed by atoms with Crippen molar-refractivity contribution in [1.29, 1.82) is 0 Å². The number of amides is 1. The van der Waals surface area contributed by atoms with Crippen molar-refractivity contribution < 1.29 is 4.79 Å². The summed E-state index contributed by atoms with van der Waals surface area (Å²) in [5.74, 6) is -0.0903. The van der Waals surface area contributed by atoms with Crippen LogP contribution >= 0.6 is 11.6 Å². The number of aryl methyl sites for hydroxylation is 1. The summed E-state index contributed by atoms with van der Waals surface area (Å²) in [5, 5.41) is 2.96. The van der Waals surface area contributed by atoms with Crippen LogP contribution in [-0.2, 0) is 0 Å². The van der Waals surface area contributed by atoms with Crippen LogP contribution in [0.15, 0.2) is 18.3 Å². The fraction of sp³-hybridized carbons (Fsp3) is 0.500. The molecule has 16 heavy (non-hydrogen) atoms. The van der Waals surface area contributed by atoms with Crippen molar-refractivity contribution in [2.75, 3.05) is 6.54 Å². The molecule has 1 atom stereocenters. The molecule has 1 aromatic rings. The largest absolute Gasteiger partial charge is 0.352 e. The number of pyridine rings is 1. The summed E-state index contributed by atoms with van der Waals surface area (Å²) in [6, 6.07) is 3.60. The molecule has 1 rings (SSSR count). The molecule has 1 N–H and O–H groups in total. The van der Waals surface area contributed by atoms with E-state index in [1.807, 2.05) is 19.9 Å². The highest BCUT2D eigenvalue weighted by atomic mass is 35.5. The number of carbonyl (C=O) groups excluding carboxylic acids is 1. The fourth-order valence-corrected chi connectivity index (χ4v) is 1.36. The minimum Gasteiger partial charge on any atom is -0.352 e. The predicted molar refractivity (Wildman–Crippen MR) is 65.9 cm³/mol. The quantitative estimate of drug-likeness (QED) is 0.804. The molecular formula is C12H17ClN2O. The molecule has 0 aliphatic carbocycles. The Kier molecular flexibility index (Phi) is 5.26. The van der Waals surface area contributed by atoms with Crippen molar-refractivity contribution in [2.24, 2.45) is 0 Å². The maximum Gasteiger partial charge on any atom is 0.252 e. The molecule has 0 fully saturated rings. The van der Waals surface area contributed by atoms with Crippen molar-refractivity contribution in [3.05, 3.63) is 29.6 Å². The summed E-state index contributed by atoms with van der Waals surface area (Å²) in [7, 11) is 0. The van der Waals surface area contributed by atoms with E-state index in [0.717, 1.165) is 18.5 Å². The smallest absolute Gasteiger partial charge is 0.252 e. The van der Waals surface area contributed by atoms with Crippen LogP contribution < -0.4 is 5.32 Å². The number of rotatable bonds is 5. The Labute approximate surface area is 101 Å². The lowest BCUT2D eigenvalue weighted by Crippen LogP contribution is -2.26. The summed E-state index contributed by atoms with van der Waals surface area (Å²) < 4.78 is 0. The van der Waals surface area contributed by atoms with E-state index in [1.165, 1.54) is 0 Å². The van der Waals surface area contributed by atoms with Gasteiger partial charge in [-0.05, 0) is 31.9 Å². The second-order valence-corrected chi connectivity index (χ2v) is 4.36. The second-order valence-electron chi connectivity index (χ2n) is 3.74. The molecule has 0 spiro atoms. The van der Waals surface area contributed by atoms with Crippen molar-refractivity contribution >= 4 is 17.5 Å². The lowest BCUT2D eigenvalue weighted by molar-refractivity contribution is 0.0953. The van der Waals surface area contributed by atoms with Crippen molar-refractivity contribution in [1.82, 2.24) is 10.3 Å². The Balaban J connectivity index is 2.38. The Morgan fingerprint density at radius 1 is 1.56 bits per heavy atom. The van der Waals surface area contributed by atoms with E-state index in [0.29, 0.717) is 12.1 Å². The maximum atomic E-state index is 11.6. The third-order valence-electron chi connectivity index (χ3n) is 2.36. The highest BCUT2D eigenvalue weighted by Gasteiger charge is 2.06. The average Bonchev–Trinajstić information content (AvgIpc) is 2.29. The van der Waals surface area contributed by atoms with Gasteiger partial charge >= 0.3 is 0 Å². The number of nitrogens with one attached hydrogen (secondary N) is 1. The molecule has 3 nitrogen and oxygen atoms in total. The molecule has 1 heterocycles. The molecule has 0 radical (unpaired) electrons. The monoisotopic (exact) mass is 240 g/mol. The Morgan fingerprint density at radius 2 is 2.31 bits per heavy atom. The number of carbonyl (C=O) groups is 1. The SMILES string of the molecule is CCC(Cl)CCNC(=O)c1ccc(C)nc1. The standard InChI is InChI=1S/C12H17ClN2O/c1-3-11(13)6-7-14-12(16)10-5-4-9(2)15-8-10/h4-5,8,11H,3,6-7H2,1-2H3,(H,14,16). The van der Waals surface area contributed by atoms with Gasteiger partial charge in [-0.1, -0.05) is 6.92 Å². The molecule has 1 amide bonds. The molecular weight excluding hydrogens is 224 g/mol. The van der Waals surface area contributed by atoms with Gasteiger partial charge in [0.2, 0.25) is 0 Å². The Hall–Kier alpha value is -1.09. The van der Waals surface area contributed by atoms with Gasteiger partial charge in [0.1, 0.15) is 0 Å². The minimum atomic E-state index is -0.0903. The van der Waals surface area contributed by atoms with Gasteiger partial charge in [0.05, 0.1) is 5.56 Å². The number of hydrogen-bond donors (Lipinski definition) is 1. The van der Waals surface area contributed by atoms with Crippen molar-refractivity contribution in [3.8, 4) is 0 Å². The maximum absolute atomic E-state index is 11.6. The first-order chi connectivity index (χ1) is 7.63. The first-order valence-corrected chi connectivity index (χ1v) is 5.92. The molecule has 0 saturated heterocycles. The average molecular weight is 241 g/mol. The normalized spacial score (nSPS) is 12.2. The Bertz CT molecular complexity index is 337. The van der Waals surface area contributed by atoms with Crippen LogP contribution in [0, 0.1) is 6.92 Å². The number of alkyl halides is 1. The second kappa shape index (κ2) is 6.48. The number of hydrogen-bond acceptors (Lipinski definition) is 2. The van der Waals surface area contributed by atoms with E-state index in [9.17, 15) is 4.79 Å². The van der Waals surface area contributed by atoms with Gasteiger partial charge in [0.25, 0.3) is 5.91 Å². The summed E-state index contributed by atoms with van der Waals surface area (Å²) in [4.78, 5) is 15.7. The topological polar surface area (TPSA) is 42.0 Å². The van der Waals surface area contributed by atoms with Crippen LogP contribution in [0.4, 0.5) is 0 Å². The van der Waals surface area contributed by atoms with Crippen LogP contribution in [0.3, 0.4) is 0 Å². The van der Waals surface area contributed by atoms with E-state index < -0.39 is 0 Å². The molecule has 0 bridgehead atoms. The summed E-state index contributed by atoms with van der Waals surface area (Å²) in [5.41, 5.74) is 1.50. The Morgan fingerprint density at radius 3 is 2.88 bits per heavy atom. The van der Waals surface area contributed by atoms with E-state index in [1.54, 1.807) is 12.3 Å². The molecule has 0 aliphatic rings. The van der Waals surface area contributed by atoms with Crippen molar-refractivity contribution in [2.45, 2.75) is 32.1 Å². The van der Waals surface area contributed by atoms with Gasteiger partial charge in [0, 0.05) is 23.8 Å². The van der Waals surface area contributed by atoms with Crippen LogP contribution in [0.5, 0.6) is 0 Å². The van der Waals surface area contributed by atoms with E-state index in [2.05, 4.69) is 10.3 Å². The summed E-state index contributed by atoms with van der Waals surface area (Å²) in [6.45, 7) is 4.53. The van der Waals surface area contributed by atoms with Gasteiger partial charge < -0.3 is 5.32 Å². The highest BCUT2D eigenvalue weighted by Crippen LogP contribution is 2.05. The summed E-state index contributed by atoms with van der Waals surface area (Å²) in [6.07, 6.45) is 3.30. The van der Waals surface area contributed by atoms with E-state index >= 15 is 0 Å². The number of halogens is 1. The fourth-order valence-electron chi connectivity index (χ4n) is 1.25. The number of nitrogens with zero attached hydrogens (tertiary/aromatic N) is 1. The number of aromatic nitrogens is 1. The van der Waals surface area contributed by atoms with Crippen LogP contribution in [0.2, 0.25) is 0 Å². The molecule has 0 aromatic carbocycles. The first-order valence-electron chi connectivity index (χ1n) is 5.48. The van der Waals surface area contributed by atoms with Gasteiger partial charge in [-0.25, -0.2) is 0 Å². The third-order valence-corrected chi connectivity index (χ3v) is 2.89. The predicted octanol–water partition coefficient (Wildman–Crippen LogP) is 2.53. The third kappa shape index (κ3) is 4.19. The van der Waals surface area contributed by atoms with Crippen LogP contribution in [0.25, 0.3) is 0 Å². The van der Waals surface area contributed by atoms with Crippen LogP contribution in [-0.4, -0.2) is 22.8 Å². The van der Waals surface area contributed by atoms with Gasteiger partial charge in [0.15, 0.2) is 0 Å². The van der Waals surface area contributed by atoms with Crippen LogP contribution in [0.1, 0.15) is 35.8 Å². The van der Waals surface area contributed by atoms with Gasteiger partial charge in [-0.2, -0.15) is 0 Å². The molecule has 0 aliphatic heterocycles. The lowest BCUT2D eigenvalue weighted by atomic mass is 10.2. The van der Waals surface area contributed by atoms with E-state index in [-0.39, 0.29) is 11.3 Å². The first kappa shape index (κ1) is 13.0. The zero-order valence-corrected chi connectivity index (χ0v) is 10.4. The highest BCUT2D eigenvalue weighted by molar-refractivity contribution is 6.20. The molecule has 4 heteroatoms. The minimum absolute atomic E-state index is 0.0903. The van der Waals surface area contributed by atoms with Crippen molar-refractivity contribution in [3.63, 3.8) is 0 Å². The van der Waals surface area contributed by atoms with E-state index in [4.69, 9.17) is 11.6 Å². The molecule has 1 aromatic heterocycles. The summed E-state index contributed by atoms with van der Waals surface area (Å²) >= 11 is 5.95. The molecule has 0 saturated carbocycles. The zero-order valence-electron chi connectivity index (χ0n) is 9.66. The zero-order chi connectivity index (χ0) is 12.0. The lowest BCUT2D eigenvalue weighted by Gasteiger charge is -2.07. The van der Waals surface area contributed by atoms with Gasteiger partial charge in [-0.15, -0.1) is 11.6 Å². The van der Waals surface area contributed by atoms with Gasteiger partial charge in [-0.3, -0.25) is 9.78 Å².